The highest BCUT2D eigenvalue weighted by molar-refractivity contribution is 7.85. The number of quaternary nitrogens is 1. The second-order valence-electron chi connectivity index (χ2n) is 17.8. The lowest BCUT2D eigenvalue weighted by molar-refractivity contribution is -0.870. The molecule has 0 spiro atoms. The normalized spacial score (nSPS) is 14.8. The number of nitrogens with one attached hydrogen (secondary N) is 2. The molecule has 0 bridgehead atoms. The third kappa shape index (κ3) is 13.0. The van der Waals surface area contributed by atoms with Crippen molar-refractivity contribution in [3.8, 4) is 17.2 Å². The molecule has 2 aliphatic rings. The monoisotopic (exact) mass is 1010 g/mol. The number of halogens is 2. The number of benzene rings is 3. The molecule has 6 rings (SSSR count). The summed E-state index contributed by atoms with van der Waals surface area (Å²) in [5.74, 6) is -3.53. The quantitative estimate of drug-likeness (QED) is 0.0121. The van der Waals surface area contributed by atoms with E-state index in [9.17, 15) is 47.6 Å². The van der Waals surface area contributed by atoms with Gasteiger partial charge in [-0.1, -0.05) is 18.2 Å². The van der Waals surface area contributed by atoms with Crippen molar-refractivity contribution in [3.05, 3.63) is 138 Å². The van der Waals surface area contributed by atoms with Gasteiger partial charge in [-0.15, -0.1) is 0 Å². The van der Waals surface area contributed by atoms with E-state index in [1.54, 1.807) is 49.4 Å². The van der Waals surface area contributed by atoms with Crippen molar-refractivity contribution in [2.24, 2.45) is 0 Å². The fourth-order valence-corrected chi connectivity index (χ4v) is 8.89. The summed E-state index contributed by atoms with van der Waals surface area (Å²) < 4.78 is 91.8. The topological polar surface area (TPSA) is 261 Å². The molecule has 21 nitrogen and oxygen atoms in total. The summed E-state index contributed by atoms with van der Waals surface area (Å²) in [6.07, 6.45) is 1.63. The number of ether oxygens (including phenoxy) is 4. The van der Waals surface area contributed by atoms with Gasteiger partial charge in [-0.05, 0) is 74.3 Å². The van der Waals surface area contributed by atoms with Crippen LogP contribution in [0.5, 0.6) is 17.2 Å². The maximum Gasteiger partial charge on any atom is 0.737 e. The van der Waals surface area contributed by atoms with Crippen LogP contribution in [0.2, 0.25) is 0 Å². The molecule has 3 N–H and O–H groups in total. The number of non-ortho nitro benzene ring substituents is 1. The zero-order valence-electron chi connectivity index (χ0n) is 39.6. The van der Waals surface area contributed by atoms with Crippen molar-refractivity contribution >= 4 is 58.2 Å². The number of aromatic nitrogens is 1. The molecule has 4 aromatic rings. The molecule has 378 valence electrons. The van der Waals surface area contributed by atoms with Crippen LogP contribution in [-0.2, 0) is 30.9 Å². The van der Waals surface area contributed by atoms with Crippen LogP contribution >= 0.6 is 0 Å². The average molecular weight is 1010 g/mol. The van der Waals surface area contributed by atoms with Gasteiger partial charge in [0.05, 0.1) is 62.8 Å². The maximum absolute atomic E-state index is 17.1. The molecule has 3 aromatic carbocycles. The smallest absolute Gasteiger partial charge is 0.493 e. The lowest BCUT2D eigenvalue weighted by Gasteiger charge is -2.32. The highest BCUT2D eigenvalue weighted by Crippen LogP contribution is 2.41. The second-order valence-corrected chi connectivity index (χ2v) is 19.3. The van der Waals surface area contributed by atoms with E-state index in [0.29, 0.717) is 33.4 Å². The number of fused-ring (bicyclic) bond motifs is 2. The Bertz CT molecular complexity index is 2940. The third-order valence-electron chi connectivity index (χ3n) is 11.5. The van der Waals surface area contributed by atoms with E-state index in [2.05, 4.69) is 31.8 Å². The van der Waals surface area contributed by atoms with Gasteiger partial charge in [-0.2, -0.15) is 8.42 Å². The predicted octanol–water partition coefficient (Wildman–Crippen LogP) is 5.90. The van der Waals surface area contributed by atoms with Crippen molar-refractivity contribution in [2.75, 3.05) is 53.7 Å². The number of nitro benzene ring substituents is 2. The van der Waals surface area contributed by atoms with Gasteiger partial charge in [-0.3, -0.25) is 34.4 Å². The third-order valence-corrected chi connectivity index (χ3v) is 12.3. The van der Waals surface area contributed by atoms with Gasteiger partial charge < -0.3 is 51.7 Å². The Kier molecular flexibility index (Phi) is 16.1. The number of rotatable bonds is 22. The molecule has 2 unspecified atom stereocenters. The zero-order valence-corrected chi connectivity index (χ0v) is 40.4. The fourth-order valence-electron chi connectivity index (χ4n) is 8.24. The maximum atomic E-state index is 17.1. The fraction of sp³-hybridized carbons (Fsp3) is 0.348. The summed E-state index contributed by atoms with van der Waals surface area (Å²) in [7, 11) is 2.55. The molecular formula is C46H53BF2N7O14S+. The largest absolute Gasteiger partial charge is 0.737 e. The van der Waals surface area contributed by atoms with E-state index in [-0.39, 0.29) is 52.9 Å². The molecule has 2 aliphatic heterocycles. The first-order valence-electron chi connectivity index (χ1n) is 22.2. The lowest BCUT2D eigenvalue weighted by Crippen LogP contribution is -2.52. The highest BCUT2D eigenvalue weighted by atomic mass is 32.2. The molecular weight excluding hydrogens is 955 g/mol. The number of hydrogen-bond donors (Lipinski definition) is 3. The van der Waals surface area contributed by atoms with Crippen LogP contribution in [0.3, 0.4) is 0 Å². The van der Waals surface area contributed by atoms with Crippen LogP contribution in [-0.4, -0.2) is 127 Å². The summed E-state index contributed by atoms with van der Waals surface area (Å²) in [4.78, 5) is 60.7. The lowest BCUT2D eigenvalue weighted by atomic mass is 9.88. The summed E-state index contributed by atoms with van der Waals surface area (Å²) in [5.41, 5.74) is 2.11. The molecule has 0 saturated heterocycles. The minimum atomic E-state index is -4.86. The molecule has 25 heteroatoms. The number of nitro groups is 2. The SMILES string of the molecule is COc1cc(C(C)OC(=O)Oc2ccc([N+](=O)[O-])cc2)c([N+](=O)[O-])cc1OCCNC(=O)C(CS(=O)(=O)O)NC(=O)CCc1cc(C)c2n1[B-](F)(F)[N+]1=C(c3ccccc3)C=C(CCC[N+](C)(C)C)C1=C2. The Morgan fingerprint density at radius 2 is 1.65 bits per heavy atom. The van der Waals surface area contributed by atoms with Crippen LogP contribution in [0.25, 0.3) is 6.08 Å². The standard InChI is InChI=1S/C46H52BF2N7O14S/c1-29-23-34(52-38(29)26-40-32(13-10-21-56(3,4)5)24-39(53(40)47(52,48)49)31-11-8-7-9-12-31)16-19-44(57)51-37(28-71(64,65)66)45(58)50-20-22-68-43-27-41(55(62)63)36(25-42(43)67-6)30(2)69-46(59)70-35-17-14-33(15-18-35)54(60)61/h7-9,11-12,14-15,17-18,23-27,30,37H,10,13,16,19-22,28H2,1-6H3,(H2-,50,51,57,58,64,65,66)/p+1. The molecule has 3 heterocycles. The number of aryl methyl sites for hydroxylation is 2. The van der Waals surface area contributed by atoms with Gasteiger partial charge in [-0.25, -0.2) is 4.79 Å². The molecule has 0 aliphatic carbocycles. The Labute approximate surface area is 407 Å². The number of carbonyl (C=O) groups excluding carboxylic acids is 3. The summed E-state index contributed by atoms with van der Waals surface area (Å²) in [6, 6.07) is 15.2. The highest BCUT2D eigenvalue weighted by Gasteiger charge is 2.54. The zero-order chi connectivity index (χ0) is 52.0. The molecule has 0 saturated carbocycles. The molecule has 2 amide bonds. The van der Waals surface area contributed by atoms with Crippen molar-refractivity contribution < 1.29 is 73.7 Å². The van der Waals surface area contributed by atoms with Crippen LogP contribution in [0.15, 0.2) is 90.1 Å². The second kappa shape index (κ2) is 21.6. The molecule has 0 radical (unpaired) electrons. The number of carbonyl (C=O) groups is 3. The van der Waals surface area contributed by atoms with E-state index in [4.69, 9.17) is 18.9 Å². The van der Waals surface area contributed by atoms with Crippen molar-refractivity contribution in [2.45, 2.75) is 51.7 Å². The molecule has 0 fully saturated rings. The van der Waals surface area contributed by atoms with Gasteiger partial charge in [0.15, 0.2) is 22.9 Å². The first kappa shape index (κ1) is 52.9. The van der Waals surface area contributed by atoms with E-state index in [0.717, 1.165) is 57.8 Å². The van der Waals surface area contributed by atoms with Crippen LogP contribution in [0.1, 0.15) is 60.4 Å². The van der Waals surface area contributed by atoms with Gasteiger partial charge in [0, 0.05) is 54.0 Å². The van der Waals surface area contributed by atoms with Crippen molar-refractivity contribution in [1.29, 1.82) is 0 Å². The number of methoxy groups -OCH3 is 1. The van der Waals surface area contributed by atoms with Crippen molar-refractivity contribution in [1.82, 2.24) is 15.1 Å². The number of amides is 2. The Hall–Kier alpha value is -7.51. The number of allylic oxidation sites excluding steroid dienone is 2. The molecule has 1 aromatic heterocycles. The van der Waals surface area contributed by atoms with Crippen LogP contribution in [0.4, 0.5) is 24.8 Å². The predicted molar refractivity (Wildman–Crippen MR) is 255 cm³/mol. The minimum absolute atomic E-state index is 0.0647. The summed E-state index contributed by atoms with van der Waals surface area (Å²) in [5, 5.41) is 27.7. The number of nitrogens with zero attached hydrogens (tertiary/aromatic N) is 5. The first-order valence-corrected chi connectivity index (χ1v) is 23.8. The van der Waals surface area contributed by atoms with E-state index in [1.807, 2.05) is 6.08 Å². The van der Waals surface area contributed by atoms with E-state index < -0.39 is 81.5 Å². The molecule has 2 atom stereocenters. The van der Waals surface area contributed by atoms with Crippen LogP contribution < -0.4 is 24.8 Å². The minimum Gasteiger partial charge on any atom is -0.493 e. The first-order chi connectivity index (χ1) is 33.4. The van der Waals surface area contributed by atoms with Gasteiger partial charge in [0.1, 0.15) is 30.3 Å². The van der Waals surface area contributed by atoms with Gasteiger partial charge in [0.25, 0.3) is 21.5 Å². The van der Waals surface area contributed by atoms with E-state index >= 15 is 8.63 Å². The molecule has 71 heavy (non-hydrogen) atoms. The Morgan fingerprint density at radius 1 is 0.958 bits per heavy atom. The summed E-state index contributed by atoms with van der Waals surface area (Å²) >= 11 is 0. The van der Waals surface area contributed by atoms with Gasteiger partial charge >= 0.3 is 13.1 Å². The Morgan fingerprint density at radius 3 is 2.27 bits per heavy atom. The number of hydrogen-bond acceptors (Lipinski definition) is 13. The Balaban J connectivity index is 1.10. The van der Waals surface area contributed by atoms with Crippen molar-refractivity contribution in [3.63, 3.8) is 0 Å². The van der Waals surface area contributed by atoms with Gasteiger partial charge in [0.2, 0.25) is 11.8 Å². The van der Waals surface area contributed by atoms with E-state index in [1.165, 1.54) is 20.1 Å². The average Bonchev–Trinajstić information content (AvgIpc) is 3.83. The van der Waals surface area contributed by atoms with Crippen LogP contribution in [0, 0.1) is 27.2 Å². The summed E-state index contributed by atoms with van der Waals surface area (Å²) in [6.45, 7) is -1.43.